The summed E-state index contributed by atoms with van der Waals surface area (Å²) in [6, 6.07) is 0.0807. The minimum absolute atomic E-state index is 0.0219. The van der Waals surface area contributed by atoms with E-state index in [9.17, 15) is 8.78 Å². The highest BCUT2D eigenvalue weighted by atomic mass is 19.3. The molecule has 4 heteroatoms. The Balaban J connectivity index is 2.40. The standard InChI is InChI=1S/C11H18F2N2/c1-2-3-4-10(15-14)9-5-7-11(12,13)8-6-9/h1,9-10,15H,3-8,14H2. The molecular formula is C11H18F2N2. The molecule has 0 heterocycles. The highest BCUT2D eigenvalue weighted by Gasteiger charge is 2.37. The van der Waals surface area contributed by atoms with E-state index in [4.69, 9.17) is 12.3 Å². The molecule has 0 aromatic heterocycles. The number of terminal acetylenes is 1. The molecule has 15 heavy (non-hydrogen) atoms. The molecule has 0 spiro atoms. The van der Waals surface area contributed by atoms with Crippen LogP contribution in [0, 0.1) is 18.3 Å². The van der Waals surface area contributed by atoms with Crippen molar-refractivity contribution in [3.8, 4) is 12.3 Å². The van der Waals surface area contributed by atoms with E-state index in [0.29, 0.717) is 19.3 Å². The Morgan fingerprint density at radius 1 is 1.47 bits per heavy atom. The highest BCUT2D eigenvalue weighted by Crippen LogP contribution is 2.37. The van der Waals surface area contributed by atoms with Crippen LogP contribution in [0.2, 0.25) is 0 Å². The third-order valence-electron chi connectivity index (χ3n) is 3.14. The molecule has 0 saturated heterocycles. The molecule has 1 atom stereocenters. The third kappa shape index (κ3) is 3.77. The molecule has 1 fully saturated rings. The number of alkyl halides is 2. The lowest BCUT2D eigenvalue weighted by Crippen LogP contribution is -2.43. The van der Waals surface area contributed by atoms with E-state index < -0.39 is 5.92 Å². The van der Waals surface area contributed by atoms with E-state index in [1.807, 2.05) is 0 Å². The van der Waals surface area contributed by atoms with Crippen molar-refractivity contribution < 1.29 is 8.78 Å². The van der Waals surface area contributed by atoms with Crippen LogP contribution in [0.5, 0.6) is 0 Å². The molecule has 1 rings (SSSR count). The number of halogens is 2. The molecular weight excluding hydrogens is 198 g/mol. The molecule has 1 unspecified atom stereocenters. The summed E-state index contributed by atoms with van der Waals surface area (Å²) in [5.74, 6) is 5.72. The van der Waals surface area contributed by atoms with Crippen molar-refractivity contribution in [1.82, 2.24) is 5.43 Å². The lowest BCUT2D eigenvalue weighted by atomic mass is 9.81. The number of nitrogens with one attached hydrogen (secondary N) is 1. The van der Waals surface area contributed by atoms with Crippen molar-refractivity contribution in [3.63, 3.8) is 0 Å². The van der Waals surface area contributed by atoms with Crippen LogP contribution in [0.25, 0.3) is 0 Å². The monoisotopic (exact) mass is 216 g/mol. The Bertz CT molecular complexity index is 225. The predicted octanol–water partition coefficient (Wildman–Crippen LogP) is 2.06. The van der Waals surface area contributed by atoms with Gasteiger partial charge in [0.1, 0.15) is 0 Å². The molecule has 0 aromatic carbocycles. The lowest BCUT2D eigenvalue weighted by Gasteiger charge is -2.33. The van der Waals surface area contributed by atoms with Gasteiger partial charge in [0, 0.05) is 25.3 Å². The van der Waals surface area contributed by atoms with Gasteiger partial charge in [0.2, 0.25) is 5.92 Å². The average molecular weight is 216 g/mol. The molecule has 3 N–H and O–H groups in total. The van der Waals surface area contributed by atoms with Crippen LogP contribution in [-0.4, -0.2) is 12.0 Å². The van der Waals surface area contributed by atoms with E-state index in [1.165, 1.54) is 0 Å². The summed E-state index contributed by atoms with van der Waals surface area (Å²) >= 11 is 0. The van der Waals surface area contributed by atoms with Crippen molar-refractivity contribution in [3.05, 3.63) is 0 Å². The fraction of sp³-hybridized carbons (Fsp3) is 0.818. The maximum atomic E-state index is 12.9. The van der Waals surface area contributed by atoms with Gasteiger partial charge in [0.15, 0.2) is 0 Å². The Labute approximate surface area is 89.6 Å². The van der Waals surface area contributed by atoms with Crippen LogP contribution >= 0.6 is 0 Å². The third-order valence-corrected chi connectivity index (χ3v) is 3.14. The summed E-state index contributed by atoms with van der Waals surface area (Å²) in [5.41, 5.74) is 2.69. The quantitative estimate of drug-likeness (QED) is 0.429. The molecule has 0 radical (unpaired) electrons. The van der Waals surface area contributed by atoms with Crippen molar-refractivity contribution in [2.24, 2.45) is 11.8 Å². The molecule has 2 nitrogen and oxygen atoms in total. The minimum atomic E-state index is -2.47. The second kappa shape index (κ2) is 5.43. The first-order valence-electron chi connectivity index (χ1n) is 5.36. The summed E-state index contributed by atoms with van der Waals surface area (Å²) in [5, 5.41) is 0. The molecule has 86 valence electrons. The van der Waals surface area contributed by atoms with Crippen LogP contribution in [0.15, 0.2) is 0 Å². The summed E-state index contributed by atoms with van der Waals surface area (Å²) in [7, 11) is 0. The molecule has 0 bridgehead atoms. The molecule has 0 aliphatic heterocycles. The first kappa shape index (κ1) is 12.4. The fourth-order valence-corrected chi connectivity index (χ4v) is 2.16. The summed E-state index contributed by atoms with van der Waals surface area (Å²) in [4.78, 5) is 0. The number of hydrogen-bond acceptors (Lipinski definition) is 2. The summed E-state index contributed by atoms with van der Waals surface area (Å²) < 4.78 is 25.8. The normalized spacial score (nSPS) is 23.3. The number of nitrogens with two attached hydrogens (primary N) is 1. The van der Waals surface area contributed by atoms with Crippen molar-refractivity contribution in [2.75, 3.05) is 0 Å². The second-order valence-electron chi connectivity index (χ2n) is 4.21. The fourth-order valence-electron chi connectivity index (χ4n) is 2.16. The van der Waals surface area contributed by atoms with Crippen molar-refractivity contribution >= 4 is 0 Å². The van der Waals surface area contributed by atoms with Gasteiger partial charge < -0.3 is 0 Å². The van der Waals surface area contributed by atoms with E-state index in [2.05, 4.69) is 11.3 Å². The van der Waals surface area contributed by atoms with Crippen LogP contribution in [0.4, 0.5) is 8.78 Å². The van der Waals surface area contributed by atoms with Gasteiger partial charge in [-0.25, -0.2) is 8.78 Å². The van der Waals surface area contributed by atoms with E-state index in [1.54, 1.807) is 0 Å². The maximum Gasteiger partial charge on any atom is 0.248 e. The summed E-state index contributed by atoms with van der Waals surface area (Å²) in [6.07, 6.45) is 7.60. The zero-order valence-electron chi connectivity index (χ0n) is 8.81. The Hall–Kier alpha value is -0.660. The largest absolute Gasteiger partial charge is 0.271 e. The summed E-state index contributed by atoms with van der Waals surface area (Å²) in [6.45, 7) is 0. The van der Waals surface area contributed by atoms with Crippen LogP contribution in [0.1, 0.15) is 38.5 Å². The minimum Gasteiger partial charge on any atom is -0.271 e. The van der Waals surface area contributed by atoms with Crippen molar-refractivity contribution in [2.45, 2.75) is 50.5 Å². The maximum absolute atomic E-state index is 12.9. The van der Waals surface area contributed by atoms with Crippen LogP contribution in [-0.2, 0) is 0 Å². The SMILES string of the molecule is C#CCCC(NN)C1CCC(F)(F)CC1. The molecule has 1 aliphatic rings. The Morgan fingerprint density at radius 3 is 2.53 bits per heavy atom. The van der Waals surface area contributed by atoms with Gasteiger partial charge in [0.05, 0.1) is 0 Å². The van der Waals surface area contributed by atoms with E-state index in [0.717, 1.165) is 6.42 Å². The van der Waals surface area contributed by atoms with Gasteiger partial charge in [-0.1, -0.05) is 0 Å². The van der Waals surface area contributed by atoms with Crippen LogP contribution in [0.3, 0.4) is 0 Å². The topological polar surface area (TPSA) is 38.0 Å². The zero-order chi connectivity index (χ0) is 11.3. The average Bonchev–Trinajstić information content (AvgIpc) is 2.21. The lowest BCUT2D eigenvalue weighted by molar-refractivity contribution is -0.0498. The zero-order valence-corrected chi connectivity index (χ0v) is 8.81. The van der Waals surface area contributed by atoms with Gasteiger partial charge in [-0.05, 0) is 25.2 Å². The van der Waals surface area contributed by atoms with Crippen molar-refractivity contribution in [1.29, 1.82) is 0 Å². The van der Waals surface area contributed by atoms with Gasteiger partial charge in [0.25, 0.3) is 0 Å². The van der Waals surface area contributed by atoms with E-state index in [-0.39, 0.29) is 24.8 Å². The number of hydrogen-bond donors (Lipinski definition) is 2. The first-order valence-corrected chi connectivity index (χ1v) is 5.36. The van der Waals surface area contributed by atoms with Gasteiger partial charge in [-0.2, -0.15) is 0 Å². The molecule has 0 amide bonds. The smallest absolute Gasteiger partial charge is 0.248 e. The molecule has 1 saturated carbocycles. The van der Waals surface area contributed by atoms with Gasteiger partial charge >= 0.3 is 0 Å². The second-order valence-corrected chi connectivity index (χ2v) is 4.21. The first-order chi connectivity index (χ1) is 7.09. The highest BCUT2D eigenvalue weighted by molar-refractivity contribution is 4.89. The Morgan fingerprint density at radius 2 is 2.07 bits per heavy atom. The number of hydrazine groups is 1. The molecule has 0 aromatic rings. The van der Waals surface area contributed by atoms with E-state index >= 15 is 0 Å². The Kier molecular flexibility index (Phi) is 4.49. The molecule has 1 aliphatic carbocycles. The number of rotatable bonds is 4. The predicted molar refractivity (Wildman–Crippen MR) is 56.1 cm³/mol. The van der Waals surface area contributed by atoms with Crippen LogP contribution < -0.4 is 11.3 Å². The van der Waals surface area contributed by atoms with Gasteiger partial charge in [-0.15, -0.1) is 12.3 Å². The van der Waals surface area contributed by atoms with Gasteiger partial charge in [-0.3, -0.25) is 11.3 Å².